The molecule has 0 amide bonds. The monoisotopic (exact) mass is 616 g/mol. The lowest BCUT2D eigenvalue weighted by Gasteiger charge is -2.26. The zero-order valence-corrected chi connectivity index (χ0v) is 26.1. The highest BCUT2D eigenvalue weighted by Gasteiger charge is 2.22. The normalized spacial score (nSPS) is 14.8. The Kier molecular flexibility index (Phi) is 11.0. The summed E-state index contributed by atoms with van der Waals surface area (Å²) in [5.41, 5.74) is 7.18. The van der Waals surface area contributed by atoms with Gasteiger partial charge < -0.3 is 25.1 Å². The molecule has 1 aromatic heterocycles. The molecule has 1 unspecified atom stereocenters. The molecule has 0 spiro atoms. The number of halogens is 2. The molecule has 0 saturated heterocycles. The van der Waals surface area contributed by atoms with Crippen LogP contribution in [0.25, 0.3) is 22.2 Å². The van der Waals surface area contributed by atoms with Gasteiger partial charge in [-0.2, -0.15) is 0 Å². The third-order valence-corrected chi connectivity index (χ3v) is 7.28. The lowest BCUT2D eigenvalue weighted by Crippen LogP contribution is -2.39. The number of hydrogen-bond acceptors (Lipinski definition) is 9. The van der Waals surface area contributed by atoms with Crippen LogP contribution in [0.4, 0.5) is 10.3 Å². The topological polar surface area (TPSA) is 120 Å². The number of carbonyl (C=O) groups excluding carboxylic acids is 1. The number of nitrogens with two attached hydrogens (primary N) is 1. The second-order valence-corrected chi connectivity index (χ2v) is 12.5. The Morgan fingerprint density at radius 2 is 1.91 bits per heavy atom. The summed E-state index contributed by atoms with van der Waals surface area (Å²) >= 11 is 6.07. The van der Waals surface area contributed by atoms with Gasteiger partial charge in [-0.1, -0.05) is 11.6 Å². The summed E-state index contributed by atoms with van der Waals surface area (Å²) in [5, 5.41) is 10.6. The van der Waals surface area contributed by atoms with Gasteiger partial charge in [0.05, 0.1) is 41.6 Å². The van der Waals surface area contributed by atoms with Crippen LogP contribution in [0.3, 0.4) is 0 Å². The highest BCUT2D eigenvalue weighted by atomic mass is 35.5. The summed E-state index contributed by atoms with van der Waals surface area (Å²) in [6.07, 6.45) is 5.13. The summed E-state index contributed by atoms with van der Waals surface area (Å²) in [4.78, 5) is 23.1. The van der Waals surface area contributed by atoms with Crippen molar-refractivity contribution in [1.82, 2.24) is 14.9 Å². The minimum atomic E-state index is -0.576. The number of rotatable bonds is 13. The number of aliphatic hydroxyl groups excluding tert-OH is 1. The summed E-state index contributed by atoms with van der Waals surface area (Å²) in [6, 6.07) is 8.06. The van der Waals surface area contributed by atoms with E-state index in [0.29, 0.717) is 59.8 Å². The number of unbranched alkanes of at least 4 members (excludes halogenated alkanes) is 1. The molecule has 2 aromatic carbocycles. The predicted octanol–water partition coefficient (Wildman–Crippen LogP) is 6.18. The first-order valence-electron chi connectivity index (χ1n) is 14.9. The molecule has 0 aliphatic heterocycles. The zero-order valence-electron chi connectivity index (χ0n) is 25.4. The lowest BCUT2D eigenvalue weighted by atomic mass is 10.1. The SMILES string of the molecule is CC(O)CN(CCCCOc1cc2c(-c3ccc(F)c(Cl)c3)nc(N)nc2cc1OC1CCCC1)CC(=O)OC(C)(C)C. The molecule has 9 nitrogen and oxygen atoms in total. The van der Waals surface area contributed by atoms with Crippen LogP contribution in [-0.4, -0.2) is 70.0 Å². The summed E-state index contributed by atoms with van der Waals surface area (Å²) in [6.45, 7) is 8.65. The molecule has 1 saturated carbocycles. The number of esters is 1. The Labute approximate surface area is 257 Å². The van der Waals surface area contributed by atoms with E-state index in [1.165, 1.54) is 12.1 Å². The smallest absolute Gasteiger partial charge is 0.320 e. The fourth-order valence-corrected chi connectivity index (χ4v) is 5.37. The second-order valence-electron chi connectivity index (χ2n) is 12.1. The highest BCUT2D eigenvalue weighted by molar-refractivity contribution is 6.31. The van der Waals surface area contributed by atoms with Crippen molar-refractivity contribution in [2.75, 3.05) is 32.0 Å². The fraction of sp³-hybridized carbons (Fsp3) is 0.531. The molecule has 11 heteroatoms. The van der Waals surface area contributed by atoms with Crippen LogP contribution in [0.15, 0.2) is 30.3 Å². The van der Waals surface area contributed by atoms with Crippen molar-refractivity contribution < 1.29 is 28.5 Å². The van der Waals surface area contributed by atoms with Gasteiger partial charge >= 0.3 is 5.97 Å². The van der Waals surface area contributed by atoms with Crippen LogP contribution in [0.2, 0.25) is 5.02 Å². The molecule has 3 aromatic rings. The largest absolute Gasteiger partial charge is 0.490 e. The van der Waals surface area contributed by atoms with E-state index in [2.05, 4.69) is 9.97 Å². The number of anilines is 1. The Morgan fingerprint density at radius 3 is 2.58 bits per heavy atom. The maximum absolute atomic E-state index is 13.9. The highest BCUT2D eigenvalue weighted by Crippen LogP contribution is 2.39. The van der Waals surface area contributed by atoms with Gasteiger partial charge in [0.15, 0.2) is 11.5 Å². The number of ether oxygens (including phenoxy) is 3. The number of fused-ring (bicyclic) bond motifs is 1. The molecule has 234 valence electrons. The molecule has 1 aliphatic carbocycles. The van der Waals surface area contributed by atoms with Crippen LogP contribution in [-0.2, 0) is 9.53 Å². The standard InChI is InChI=1S/C32H42ClFN4O5/c1-20(39)18-38(19-29(40)43-32(2,3)4)13-7-8-14-41-27-16-23-26(17-28(27)42-22-9-5-6-10-22)36-31(35)37-30(23)21-11-12-25(34)24(33)15-21/h11-12,15-17,20,22,39H,5-10,13-14,18-19H2,1-4H3,(H2,35,36,37). The summed E-state index contributed by atoms with van der Waals surface area (Å²) in [5.74, 6) is 0.371. The first-order chi connectivity index (χ1) is 20.4. The molecule has 3 N–H and O–H groups in total. The molecule has 0 bridgehead atoms. The van der Waals surface area contributed by atoms with Gasteiger partial charge in [0.1, 0.15) is 11.4 Å². The van der Waals surface area contributed by atoms with Crippen molar-refractivity contribution >= 4 is 34.4 Å². The number of carbonyl (C=O) groups is 1. The van der Waals surface area contributed by atoms with Gasteiger partial charge in [0.2, 0.25) is 5.95 Å². The van der Waals surface area contributed by atoms with Gasteiger partial charge in [-0.3, -0.25) is 9.69 Å². The van der Waals surface area contributed by atoms with E-state index in [1.807, 2.05) is 37.8 Å². The summed E-state index contributed by atoms with van der Waals surface area (Å²) in [7, 11) is 0. The van der Waals surface area contributed by atoms with Crippen LogP contribution in [0.5, 0.6) is 11.5 Å². The zero-order chi connectivity index (χ0) is 31.1. The molecular formula is C32H42ClFN4O5. The lowest BCUT2D eigenvalue weighted by molar-refractivity contribution is -0.156. The van der Waals surface area contributed by atoms with E-state index in [9.17, 15) is 14.3 Å². The Hall–Kier alpha value is -3.21. The molecule has 1 aliphatic rings. The van der Waals surface area contributed by atoms with Gasteiger partial charge in [-0.25, -0.2) is 14.4 Å². The van der Waals surface area contributed by atoms with Crippen molar-refractivity contribution in [1.29, 1.82) is 0 Å². The maximum Gasteiger partial charge on any atom is 0.320 e. The molecule has 43 heavy (non-hydrogen) atoms. The average Bonchev–Trinajstić information content (AvgIpc) is 3.41. The number of hydrogen-bond donors (Lipinski definition) is 2. The van der Waals surface area contributed by atoms with Gasteiger partial charge in [0, 0.05) is 23.6 Å². The maximum atomic E-state index is 13.9. The van der Waals surface area contributed by atoms with Crippen molar-refractivity contribution in [3.63, 3.8) is 0 Å². The van der Waals surface area contributed by atoms with E-state index in [0.717, 1.165) is 32.1 Å². The molecule has 0 radical (unpaired) electrons. The van der Waals surface area contributed by atoms with Crippen LogP contribution >= 0.6 is 11.6 Å². The first kappa shape index (κ1) is 32.7. The minimum absolute atomic E-state index is 0.0169. The number of benzene rings is 2. The summed E-state index contributed by atoms with van der Waals surface area (Å²) < 4.78 is 32.0. The molecular weight excluding hydrogens is 575 g/mol. The third kappa shape index (κ3) is 9.64. The van der Waals surface area contributed by atoms with E-state index in [1.54, 1.807) is 13.0 Å². The van der Waals surface area contributed by atoms with Crippen LogP contribution < -0.4 is 15.2 Å². The second kappa shape index (κ2) is 14.5. The average molecular weight is 617 g/mol. The Morgan fingerprint density at radius 1 is 1.16 bits per heavy atom. The number of aliphatic hydroxyl groups is 1. The Bertz CT molecular complexity index is 1410. The Balaban J connectivity index is 1.51. The number of aromatic nitrogens is 2. The third-order valence-electron chi connectivity index (χ3n) is 6.99. The van der Waals surface area contributed by atoms with E-state index in [4.69, 9.17) is 31.5 Å². The van der Waals surface area contributed by atoms with Crippen molar-refractivity contribution in [3.05, 3.63) is 41.2 Å². The van der Waals surface area contributed by atoms with E-state index < -0.39 is 17.5 Å². The molecule has 4 rings (SSSR count). The molecule has 1 fully saturated rings. The van der Waals surface area contributed by atoms with Gasteiger partial charge in [0.25, 0.3) is 0 Å². The molecule has 1 heterocycles. The van der Waals surface area contributed by atoms with Crippen LogP contribution in [0, 0.1) is 5.82 Å². The van der Waals surface area contributed by atoms with Crippen LogP contribution in [0.1, 0.15) is 66.2 Å². The molecule has 1 atom stereocenters. The fourth-order valence-electron chi connectivity index (χ4n) is 5.19. The van der Waals surface area contributed by atoms with E-state index in [-0.39, 0.29) is 29.6 Å². The predicted molar refractivity (Wildman–Crippen MR) is 166 cm³/mol. The van der Waals surface area contributed by atoms with Crippen molar-refractivity contribution in [2.45, 2.75) is 84.0 Å². The van der Waals surface area contributed by atoms with Gasteiger partial charge in [-0.05, 0) is 97.0 Å². The van der Waals surface area contributed by atoms with Gasteiger partial charge in [-0.15, -0.1) is 0 Å². The van der Waals surface area contributed by atoms with Crippen molar-refractivity contribution in [3.8, 4) is 22.8 Å². The number of nitrogens with zero attached hydrogens (tertiary/aromatic N) is 3. The quantitative estimate of drug-likeness (QED) is 0.171. The van der Waals surface area contributed by atoms with E-state index >= 15 is 0 Å². The number of nitrogen functional groups attached to an aromatic ring is 1. The first-order valence-corrected chi connectivity index (χ1v) is 15.2. The minimum Gasteiger partial charge on any atom is -0.490 e. The van der Waals surface area contributed by atoms with Crippen molar-refractivity contribution in [2.24, 2.45) is 0 Å².